The van der Waals surface area contributed by atoms with E-state index in [1.807, 2.05) is 0 Å². The lowest BCUT2D eigenvalue weighted by Crippen LogP contribution is -2.48. The van der Waals surface area contributed by atoms with Crippen LogP contribution in [0.3, 0.4) is 0 Å². The molecule has 150 valence electrons. The fourth-order valence-corrected chi connectivity index (χ4v) is 4.79. The Hall–Kier alpha value is -2.52. The zero-order valence-electron chi connectivity index (χ0n) is 15.8. The third kappa shape index (κ3) is 4.31. The van der Waals surface area contributed by atoms with Crippen molar-refractivity contribution in [3.8, 4) is 0 Å². The summed E-state index contributed by atoms with van der Waals surface area (Å²) in [5.74, 6) is -0.361. The van der Waals surface area contributed by atoms with E-state index >= 15 is 0 Å². The Bertz CT molecular complexity index is 965. The van der Waals surface area contributed by atoms with Gasteiger partial charge in [0.1, 0.15) is 6.04 Å². The number of aromatic nitrogens is 1. The minimum absolute atomic E-state index is 0.0445. The van der Waals surface area contributed by atoms with Crippen LogP contribution in [-0.2, 0) is 26.2 Å². The Morgan fingerprint density at radius 2 is 1.96 bits per heavy atom. The molecule has 1 fully saturated rings. The van der Waals surface area contributed by atoms with Gasteiger partial charge in [-0.25, -0.2) is 8.42 Å². The standard InChI is InChI=1S/C19H22N2O6S/c1-13-11-16(27-20-13)12-26-19(23)18-5-3-4-10-21(18)28(24,25)17-8-6-15(7-9-17)14(2)22/h6-9,11,18H,3-5,10,12H2,1-2H3. The van der Waals surface area contributed by atoms with Gasteiger partial charge in [-0.05, 0) is 45.2 Å². The lowest BCUT2D eigenvalue weighted by Gasteiger charge is -2.32. The summed E-state index contributed by atoms with van der Waals surface area (Å²) >= 11 is 0. The molecule has 0 spiro atoms. The summed E-state index contributed by atoms with van der Waals surface area (Å²) in [4.78, 5) is 24.0. The molecule has 8 nitrogen and oxygen atoms in total. The number of hydrogen-bond acceptors (Lipinski definition) is 7. The summed E-state index contributed by atoms with van der Waals surface area (Å²) in [6, 6.07) is 6.48. The van der Waals surface area contributed by atoms with E-state index in [9.17, 15) is 18.0 Å². The van der Waals surface area contributed by atoms with E-state index in [-0.39, 0.29) is 23.8 Å². The van der Waals surface area contributed by atoms with Crippen LogP contribution in [0.2, 0.25) is 0 Å². The molecule has 0 amide bonds. The van der Waals surface area contributed by atoms with Crippen molar-refractivity contribution in [3.05, 3.63) is 47.3 Å². The number of Topliss-reactive ketones (excluding diaryl/α,β-unsaturated/α-hetero) is 1. The maximum Gasteiger partial charge on any atom is 0.324 e. The second-order valence-corrected chi connectivity index (χ2v) is 8.64. The molecule has 1 aromatic heterocycles. The van der Waals surface area contributed by atoms with Gasteiger partial charge in [-0.3, -0.25) is 9.59 Å². The summed E-state index contributed by atoms with van der Waals surface area (Å²) in [7, 11) is -3.89. The highest BCUT2D eigenvalue weighted by atomic mass is 32.2. The molecule has 0 N–H and O–H groups in total. The lowest BCUT2D eigenvalue weighted by atomic mass is 10.1. The van der Waals surface area contributed by atoms with E-state index in [1.165, 1.54) is 35.5 Å². The molecule has 2 heterocycles. The number of sulfonamides is 1. The highest BCUT2D eigenvalue weighted by Gasteiger charge is 2.38. The summed E-state index contributed by atoms with van der Waals surface area (Å²) in [5, 5.41) is 3.72. The van der Waals surface area contributed by atoms with Crippen LogP contribution in [0.1, 0.15) is 48.0 Å². The Morgan fingerprint density at radius 1 is 1.25 bits per heavy atom. The van der Waals surface area contributed by atoms with Gasteiger partial charge in [0, 0.05) is 18.2 Å². The molecule has 9 heteroatoms. The van der Waals surface area contributed by atoms with Crippen LogP contribution in [0, 0.1) is 6.92 Å². The van der Waals surface area contributed by atoms with Crippen molar-refractivity contribution < 1.29 is 27.3 Å². The van der Waals surface area contributed by atoms with Gasteiger partial charge in [0.15, 0.2) is 18.2 Å². The van der Waals surface area contributed by atoms with Crippen LogP contribution in [0.15, 0.2) is 39.8 Å². The van der Waals surface area contributed by atoms with Crippen molar-refractivity contribution in [2.75, 3.05) is 6.54 Å². The van der Waals surface area contributed by atoms with E-state index in [1.54, 1.807) is 13.0 Å². The number of hydrogen-bond donors (Lipinski definition) is 0. The van der Waals surface area contributed by atoms with Crippen LogP contribution >= 0.6 is 0 Å². The van der Waals surface area contributed by atoms with Crippen molar-refractivity contribution in [1.29, 1.82) is 0 Å². The molecule has 0 radical (unpaired) electrons. The lowest BCUT2D eigenvalue weighted by molar-refractivity contribution is -0.151. The molecule has 1 aliphatic rings. The predicted molar refractivity (Wildman–Crippen MR) is 99.0 cm³/mol. The molecule has 1 unspecified atom stereocenters. The van der Waals surface area contributed by atoms with Crippen LogP contribution < -0.4 is 0 Å². The van der Waals surface area contributed by atoms with Crippen LogP contribution in [0.25, 0.3) is 0 Å². The molecule has 0 aliphatic carbocycles. The summed E-state index contributed by atoms with van der Waals surface area (Å²) in [5.41, 5.74) is 1.10. The Labute approximate surface area is 163 Å². The number of aryl methyl sites for hydroxylation is 1. The van der Waals surface area contributed by atoms with Gasteiger partial charge in [0.2, 0.25) is 10.0 Å². The highest BCUT2D eigenvalue weighted by molar-refractivity contribution is 7.89. The molecular formula is C19H22N2O6S. The van der Waals surface area contributed by atoms with Gasteiger partial charge >= 0.3 is 5.97 Å². The first kappa shape index (κ1) is 20.2. The molecular weight excluding hydrogens is 384 g/mol. The predicted octanol–water partition coefficient (Wildman–Crippen LogP) is 2.47. The number of esters is 1. The minimum Gasteiger partial charge on any atom is -0.456 e. The van der Waals surface area contributed by atoms with E-state index in [0.717, 1.165) is 6.42 Å². The maximum atomic E-state index is 13.1. The van der Waals surface area contributed by atoms with Gasteiger partial charge in [0.05, 0.1) is 10.6 Å². The fourth-order valence-electron chi connectivity index (χ4n) is 3.15. The summed E-state index contributed by atoms with van der Waals surface area (Å²) < 4.78 is 37.6. The van der Waals surface area contributed by atoms with E-state index in [2.05, 4.69) is 5.16 Å². The largest absolute Gasteiger partial charge is 0.456 e. The van der Waals surface area contributed by atoms with E-state index in [0.29, 0.717) is 29.9 Å². The second-order valence-electron chi connectivity index (χ2n) is 6.75. The number of piperidine rings is 1. The smallest absolute Gasteiger partial charge is 0.324 e. The third-order valence-corrected chi connectivity index (χ3v) is 6.55. The number of carbonyl (C=O) groups is 2. The monoisotopic (exact) mass is 406 g/mol. The molecule has 1 aromatic carbocycles. The minimum atomic E-state index is -3.89. The molecule has 0 bridgehead atoms. The fraction of sp³-hybridized carbons (Fsp3) is 0.421. The van der Waals surface area contributed by atoms with Crippen molar-refractivity contribution in [2.45, 2.75) is 50.7 Å². The number of benzene rings is 1. The number of ketones is 1. The van der Waals surface area contributed by atoms with Crippen molar-refractivity contribution in [1.82, 2.24) is 9.46 Å². The van der Waals surface area contributed by atoms with E-state index < -0.39 is 22.0 Å². The topological polar surface area (TPSA) is 107 Å². The van der Waals surface area contributed by atoms with E-state index in [4.69, 9.17) is 9.26 Å². The second kappa shape index (κ2) is 8.24. The molecule has 28 heavy (non-hydrogen) atoms. The molecule has 3 rings (SSSR count). The van der Waals surface area contributed by atoms with Crippen LogP contribution in [0.4, 0.5) is 0 Å². The zero-order chi connectivity index (χ0) is 20.3. The zero-order valence-corrected chi connectivity index (χ0v) is 16.6. The summed E-state index contributed by atoms with van der Waals surface area (Å²) in [6.45, 7) is 3.30. The van der Waals surface area contributed by atoms with Gasteiger partial charge < -0.3 is 9.26 Å². The molecule has 2 aromatic rings. The Kier molecular flexibility index (Phi) is 5.95. The molecule has 1 atom stereocenters. The first-order valence-electron chi connectivity index (χ1n) is 9.01. The van der Waals surface area contributed by atoms with Crippen LogP contribution in [0.5, 0.6) is 0 Å². The number of rotatable bonds is 6. The van der Waals surface area contributed by atoms with Gasteiger partial charge in [-0.1, -0.05) is 17.3 Å². The molecule has 0 saturated carbocycles. The molecule has 1 aliphatic heterocycles. The van der Waals surface area contributed by atoms with Crippen LogP contribution in [-0.4, -0.2) is 42.2 Å². The Morgan fingerprint density at radius 3 is 2.57 bits per heavy atom. The average Bonchev–Trinajstić information content (AvgIpc) is 3.11. The quantitative estimate of drug-likeness (QED) is 0.536. The van der Waals surface area contributed by atoms with Gasteiger partial charge in [-0.2, -0.15) is 4.31 Å². The third-order valence-electron chi connectivity index (χ3n) is 4.63. The maximum absolute atomic E-state index is 13.1. The van der Waals surface area contributed by atoms with Gasteiger partial charge in [-0.15, -0.1) is 0 Å². The normalized spacial score (nSPS) is 18.0. The summed E-state index contributed by atoms with van der Waals surface area (Å²) in [6.07, 6.45) is 1.78. The first-order chi connectivity index (χ1) is 13.3. The number of carbonyl (C=O) groups excluding carboxylic acids is 2. The highest BCUT2D eigenvalue weighted by Crippen LogP contribution is 2.26. The molecule has 1 saturated heterocycles. The number of nitrogens with zero attached hydrogens (tertiary/aromatic N) is 2. The van der Waals surface area contributed by atoms with Crippen molar-refractivity contribution >= 4 is 21.8 Å². The van der Waals surface area contributed by atoms with Gasteiger partial charge in [0.25, 0.3) is 0 Å². The Balaban J connectivity index is 1.77. The van der Waals surface area contributed by atoms with Crippen molar-refractivity contribution in [3.63, 3.8) is 0 Å². The number of ether oxygens (including phenoxy) is 1. The first-order valence-corrected chi connectivity index (χ1v) is 10.4. The van der Waals surface area contributed by atoms with Crippen molar-refractivity contribution in [2.24, 2.45) is 0 Å². The average molecular weight is 406 g/mol. The SMILES string of the molecule is CC(=O)c1ccc(S(=O)(=O)N2CCCCC2C(=O)OCc2cc(C)no2)cc1.